The molecule has 0 spiro atoms. The van der Waals surface area contributed by atoms with Gasteiger partial charge in [-0.3, -0.25) is 0 Å². The Balaban J connectivity index is 2.41. The Morgan fingerprint density at radius 3 is 2.23 bits per heavy atom. The summed E-state index contributed by atoms with van der Waals surface area (Å²) in [5.74, 6) is 0.390. The molecule has 66 valence electrons. The Morgan fingerprint density at radius 1 is 1.00 bits per heavy atom. The number of hydrogen-bond donors (Lipinski definition) is 0. The molecule has 0 aliphatic rings. The number of halogens is 2. The minimum atomic E-state index is 0.0324. The molecule has 1 aromatic heterocycles. The van der Waals surface area contributed by atoms with Crippen molar-refractivity contribution in [2.45, 2.75) is 0 Å². The first-order chi connectivity index (χ1) is 6.25. The summed E-state index contributed by atoms with van der Waals surface area (Å²) in [4.78, 5) is 0. The molecule has 2 aromatic rings. The first-order valence-corrected chi connectivity index (χ1v) is 4.26. The summed E-state index contributed by atoms with van der Waals surface area (Å²) in [6, 6.07) is 7.06. The van der Waals surface area contributed by atoms with Gasteiger partial charge in [0, 0.05) is 10.6 Å². The van der Waals surface area contributed by atoms with Crippen molar-refractivity contribution in [2.75, 3.05) is 0 Å². The van der Waals surface area contributed by atoms with Crippen LogP contribution in [0.4, 0.5) is 0 Å². The van der Waals surface area contributed by atoms with Crippen LogP contribution >= 0.6 is 23.2 Å². The molecule has 3 nitrogen and oxygen atoms in total. The Kier molecular flexibility index (Phi) is 2.20. The zero-order valence-corrected chi connectivity index (χ0v) is 7.88. The molecule has 0 atom stereocenters. The minimum Gasteiger partial charge on any atom is -0.407 e. The topological polar surface area (TPSA) is 38.9 Å². The number of rotatable bonds is 1. The van der Waals surface area contributed by atoms with Gasteiger partial charge in [-0.2, -0.15) is 0 Å². The smallest absolute Gasteiger partial charge is 0.313 e. The van der Waals surface area contributed by atoms with Crippen molar-refractivity contribution in [3.8, 4) is 11.5 Å². The molecule has 0 bridgehead atoms. The molecule has 0 amide bonds. The van der Waals surface area contributed by atoms with Gasteiger partial charge in [-0.1, -0.05) is 16.7 Å². The number of nitrogens with zero attached hydrogens (tertiary/aromatic N) is 2. The van der Waals surface area contributed by atoms with E-state index in [0.29, 0.717) is 10.9 Å². The summed E-state index contributed by atoms with van der Waals surface area (Å²) < 4.78 is 5.01. The van der Waals surface area contributed by atoms with Crippen LogP contribution in [-0.2, 0) is 0 Å². The standard InChI is InChI=1S/C8H4Cl2N2O/c9-6-3-1-5(2-4-6)7-11-12-8(10)13-7/h1-4H. The van der Waals surface area contributed by atoms with Gasteiger partial charge in [-0.15, -0.1) is 5.10 Å². The van der Waals surface area contributed by atoms with E-state index in [4.69, 9.17) is 27.6 Å². The molecular weight excluding hydrogens is 211 g/mol. The zero-order valence-electron chi connectivity index (χ0n) is 6.37. The van der Waals surface area contributed by atoms with Crippen LogP contribution in [0.5, 0.6) is 0 Å². The monoisotopic (exact) mass is 214 g/mol. The molecule has 1 heterocycles. The Labute approximate surface area is 84.3 Å². The van der Waals surface area contributed by atoms with E-state index in [1.54, 1.807) is 24.3 Å². The minimum absolute atomic E-state index is 0.0324. The summed E-state index contributed by atoms with van der Waals surface area (Å²) >= 11 is 11.2. The van der Waals surface area contributed by atoms with Crippen LogP contribution in [0.2, 0.25) is 10.4 Å². The van der Waals surface area contributed by atoms with Gasteiger partial charge in [-0.05, 0) is 35.9 Å². The Morgan fingerprint density at radius 2 is 1.69 bits per heavy atom. The molecule has 0 aliphatic carbocycles. The van der Waals surface area contributed by atoms with Crippen molar-refractivity contribution in [2.24, 2.45) is 0 Å². The van der Waals surface area contributed by atoms with E-state index in [0.717, 1.165) is 5.56 Å². The molecule has 0 fully saturated rings. The number of aromatic nitrogens is 2. The first kappa shape index (κ1) is 8.53. The van der Waals surface area contributed by atoms with Gasteiger partial charge in [0.1, 0.15) is 0 Å². The molecule has 2 rings (SSSR count). The van der Waals surface area contributed by atoms with Gasteiger partial charge in [0.2, 0.25) is 5.89 Å². The third-order valence-electron chi connectivity index (χ3n) is 1.49. The van der Waals surface area contributed by atoms with E-state index >= 15 is 0 Å². The summed E-state index contributed by atoms with van der Waals surface area (Å²) in [5, 5.41) is 7.95. The van der Waals surface area contributed by atoms with Gasteiger partial charge in [0.05, 0.1) is 0 Å². The van der Waals surface area contributed by atoms with E-state index < -0.39 is 0 Å². The van der Waals surface area contributed by atoms with Crippen LogP contribution < -0.4 is 0 Å². The molecule has 0 aliphatic heterocycles. The molecule has 5 heteroatoms. The van der Waals surface area contributed by atoms with Crippen molar-refractivity contribution in [3.63, 3.8) is 0 Å². The van der Waals surface area contributed by atoms with Crippen LogP contribution in [0.1, 0.15) is 0 Å². The summed E-state index contributed by atoms with van der Waals surface area (Å²) in [6.07, 6.45) is 0. The van der Waals surface area contributed by atoms with Crippen molar-refractivity contribution >= 4 is 23.2 Å². The molecule has 13 heavy (non-hydrogen) atoms. The van der Waals surface area contributed by atoms with Gasteiger partial charge in [-0.25, -0.2) is 0 Å². The van der Waals surface area contributed by atoms with Gasteiger partial charge >= 0.3 is 5.35 Å². The zero-order chi connectivity index (χ0) is 9.26. The Hall–Kier alpha value is -1.06. The molecule has 0 saturated heterocycles. The van der Waals surface area contributed by atoms with E-state index in [-0.39, 0.29) is 5.35 Å². The first-order valence-electron chi connectivity index (χ1n) is 3.50. The van der Waals surface area contributed by atoms with E-state index in [9.17, 15) is 0 Å². The maximum atomic E-state index is 5.71. The van der Waals surface area contributed by atoms with Gasteiger partial charge in [0.15, 0.2) is 0 Å². The van der Waals surface area contributed by atoms with Gasteiger partial charge in [0.25, 0.3) is 0 Å². The van der Waals surface area contributed by atoms with Crippen LogP contribution in [0.25, 0.3) is 11.5 Å². The highest BCUT2D eigenvalue weighted by Gasteiger charge is 2.05. The lowest BCUT2D eigenvalue weighted by Gasteiger charge is -1.92. The highest BCUT2D eigenvalue weighted by atomic mass is 35.5. The lowest BCUT2D eigenvalue weighted by Crippen LogP contribution is -1.76. The fourth-order valence-electron chi connectivity index (χ4n) is 0.914. The largest absolute Gasteiger partial charge is 0.407 e. The average Bonchev–Trinajstić information content (AvgIpc) is 2.53. The maximum Gasteiger partial charge on any atom is 0.313 e. The van der Waals surface area contributed by atoms with E-state index in [1.165, 1.54) is 0 Å². The Bertz CT molecular complexity index is 410. The van der Waals surface area contributed by atoms with Crippen molar-refractivity contribution < 1.29 is 4.42 Å². The second-order valence-corrected chi connectivity index (χ2v) is 3.13. The molecule has 0 unspecified atom stereocenters. The molecule has 0 radical (unpaired) electrons. The highest BCUT2D eigenvalue weighted by molar-refractivity contribution is 6.30. The van der Waals surface area contributed by atoms with Crippen LogP contribution in [0.3, 0.4) is 0 Å². The number of hydrogen-bond acceptors (Lipinski definition) is 3. The lowest BCUT2D eigenvalue weighted by molar-refractivity contribution is 0.571. The van der Waals surface area contributed by atoms with Crippen LogP contribution in [0, 0.1) is 0 Å². The third-order valence-corrected chi connectivity index (χ3v) is 1.90. The quantitative estimate of drug-likeness (QED) is 0.733. The van der Waals surface area contributed by atoms with E-state index in [2.05, 4.69) is 10.2 Å². The normalized spacial score (nSPS) is 10.3. The highest BCUT2D eigenvalue weighted by Crippen LogP contribution is 2.21. The predicted molar refractivity (Wildman–Crippen MR) is 49.8 cm³/mol. The summed E-state index contributed by atoms with van der Waals surface area (Å²) in [6.45, 7) is 0. The van der Waals surface area contributed by atoms with Crippen molar-refractivity contribution in [1.29, 1.82) is 0 Å². The predicted octanol–water partition coefficient (Wildman–Crippen LogP) is 3.04. The SMILES string of the molecule is Clc1ccc(-c2nnc(Cl)o2)cc1. The van der Waals surface area contributed by atoms with Crippen LogP contribution in [0.15, 0.2) is 28.7 Å². The fraction of sp³-hybridized carbons (Fsp3) is 0. The summed E-state index contributed by atoms with van der Waals surface area (Å²) in [7, 11) is 0. The summed E-state index contributed by atoms with van der Waals surface area (Å²) in [5.41, 5.74) is 0.795. The van der Waals surface area contributed by atoms with Crippen LogP contribution in [-0.4, -0.2) is 10.2 Å². The molecule has 0 saturated carbocycles. The molecular formula is C8H4Cl2N2O. The third kappa shape index (κ3) is 1.82. The van der Waals surface area contributed by atoms with E-state index in [1.807, 2.05) is 0 Å². The number of benzene rings is 1. The second kappa shape index (κ2) is 3.36. The lowest BCUT2D eigenvalue weighted by atomic mass is 10.2. The second-order valence-electron chi connectivity index (χ2n) is 2.37. The average molecular weight is 215 g/mol. The maximum absolute atomic E-state index is 5.71. The van der Waals surface area contributed by atoms with Crippen molar-refractivity contribution in [1.82, 2.24) is 10.2 Å². The molecule has 0 N–H and O–H groups in total. The fourth-order valence-corrected chi connectivity index (χ4v) is 1.15. The van der Waals surface area contributed by atoms with Crippen molar-refractivity contribution in [3.05, 3.63) is 34.6 Å². The molecule has 1 aromatic carbocycles. The van der Waals surface area contributed by atoms with Gasteiger partial charge < -0.3 is 4.42 Å².